The number of methoxy groups -OCH3 is 1. The van der Waals surface area contributed by atoms with Crippen molar-refractivity contribution < 1.29 is 14.3 Å². The number of anilines is 1. The Balaban J connectivity index is 0.00000312. The number of piperidine rings is 1. The van der Waals surface area contributed by atoms with Gasteiger partial charge in [-0.3, -0.25) is 4.79 Å². The van der Waals surface area contributed by atoms with Crippen molar-refractivity contribution in [2.75, 3.05) is 38.7 Å². The van der Waals surface area contributed by atoms with Gasteiger partial charge in [0.2, 0.25) is 5.91 Å². The van der Waals surface area contributed by atoms with Gasteiger partial charge in [0.05, 0.1) is 6.61 Å². The zero-order valence-electron chi connectivity index (χ0n) is 15.5. The molecule has 1 heterocycles. The maximum absolute atomic E-state index is 12.3. The molecule has 2 rings (SSSR count). The van der Waals surface area contributed by atoms with Crippen LogP contribution in [0, 0.1) is 18.8 Å². The van der Waals surface area contributed by atoms with Crippen LogP contribution in [0.5, 0.6) is 5.75 Å². The van der Waals surface area contributed by atoms with Gasteiger partial charge in [0.1, 0.15) is 12.4 Å². The van der Waals surface area contributed by atoms with Gasteiger partial charge < -0.3 is 20.1 Å². The van der Waals surface area contributed by atoms with E-state index in [4.69, 9.17) is 9.47 Å². The Morgan fingerprint density at radius 3 is 2.68 bits per heavy atom. The van der Waals surface area contributed by atoms with E-state index in [1.807, 2.05) is 25.1 Å². The Labute approximate surface area is 157 Å². The molecule has 1 aromatic carbocycles. The highest BCUT2D eigenvalue weighted by Gasteiger charge is 2.22. The number of nitrogens with one attached hydrogen (secondary N) is 2. The summed E-state index contributed by atoms with van der Waals surface area (Å²) in [7, 11) is 1.65. The molecular weight excluding hydrogens is 340 g/mol. The number of hydrogen-bond donors (Lipinski definition) is 2. The molecule has 6 heteroatoms. The number of aryl methyl sites for hydroxylation is 1. The summed E-state index contributed by atoms with van der Waals surface area (Å²) in [6.45, 7) is 7.40. The van der Waals surface area contributed by atoms with Gasteiger partial charge in [-0.2, -0.15) is 0 Å². The molecule has 1 saturated heterocycles. The Kier molecular flexibility index (Phi) is 9.86. The first-order valence-electron chi connectivity index (χ1n) is 8.83. The second-order valence-corrected chi connectivity index (χ2v) is 6.64. The standard InChI is InChI=1S/C19H30N2O3.ClH/c1-14(16-6-8-20-9-7-16)13-19(22)21-18-5-4-17(12-15(18)2)24-11-10-23-3;/h4-5,12,14,16,20H,6-11,13H2,1-3H3,(H,21,22);1H. The second kappa shape index (κ2) is 11.3. The molecule has 1 amide bonds. The maximum Gasteiger partial charge on any atom is 0.224 e. The van der Waals surface area contributed by atoms with Crippen molar-refractivity contribution in [3.8, 4) is 5.75 Å². The molecule has 142 valence electrons. The monoisotopic (exact) mass is 370 g/mol. The predicted octanol–water partition coefficient (Wildman–Crippen LogP) is 3.41. The van der Waals surface area contributed by atoms with Gasteiger partial charge in [-0.1, -0.05) is 6.92 Å². The number of rotatable bonds is 8. The lowest BCUT2D eigenvalue weighted by Gasteiger charge is -2.28. The van der Waals surface area contributed by atoms with Crippen molar-refractivity contribution in [2.24, 2.45) is 11.8 Å². The number of carbonyl (C=O) groups excluding carboxylic acids is 1. The summed E-state index contributed by atoms with van der Waals surface area (Å²) < 4.78 is 10.6. The van der Waals surface area contributed by atoms with Crippen LogP contribution in [0.2, 0.25) is 0 Å². The first-order chi connectivity index (χ1) is 11.6. The van der Waals surface area contributed by atoms with Gasteiger partial charge in [-0.15, -0.1) is 12.4 Å². The van der Waals surface area contributed by atoms with Crippen LogP contribution in [0.3, 0.4) is 0 Å². The minimum Gasteiger partial charge on any atom is -0.491 e. The molecule has 0 aromatic heterocycles. The van der Waals surface area contributed by atoms with Crippen LogP contribution in [0.1, 0.15) is 31.7 Å². The van der Waals surface area contributed by atoms with Gasteiger partial charge in [0, 0.05) is 19.2 Å². The van der Waals surface area contributed by atoms with Gasteiger partial charge in [-0.05, 0) is 68.5 Å². The summed E-state index contributed by atoms with van der Waals surface area (Å²) in [6.07, 6.45) is 2.91. The lowest BCUT2D eigenvalue weighted by atomic mass is 9.84. The molecule has 0 bridgehead atoms. The molecule has 1 aliphatic heterocycles. The molecule has 0 spiro atoms. The van der Waals surface area contributed by atoms with Crippen LogP contribution < -0.4 is 15.4 Å². The van der Waals surface area contributed by atoms with E-state index in [-0.39, 0.29) is 18.3 Å². The Hall–Kier alpha value is -1.30. The fourth-order valence-electron chi connectivity index (χ4n) is 3.18. The van der Waals surface area contributed by atoms with Crippen LogP contribution >= 0.6 is 12.4 Å². The first kappa shape index (κ1) is 21.7. The summed E-state index contributed by atoms with van der Waals surface area (Å²) in [5, 5.41) is 6.41. The predicted molar refractivity (Wildman–Crippen MR) is 104 cm³/mol. The number of benzene rings is 1. The molecule has 1 unspecified atom stereocenters. The van der Waals surface area contributed by atoms with E-state index in [1.54, 1.807) is 7.11 Å². The van der Waals surface area contributed by atoms with E-state index in [0.29, 0.717) is 31.5 Å². The third-order valence-corrected chi connectivity index (χ3v) is 4.72. The van der Waals surface area contributed by atoms with E-state index in [0.717, 1.165) is 30.1 Å². The zero-order chi connectivity index (χ0) is 17.4. The summed E-state index contributed by atoms with van der Waals surface area (Å²) >= 11 is 0. The number of amides is 1. The highest BCUT2D eigenvalue weighted by atomic mass is 35.5. The minimum absolute atomic E-state index is 0. The fraction of sp³-hybridized carbons (Fsp3) is 0.632. The van der Waals surface area contributed by atoms with E-state index in [9.17, 15) is 4.79 Å². The fourth-order valence-corrected chi connectivity index (χ4v) is 3.18. The van der Waals surface area contributed by atoms with E-state index in [2.05, 4.69) is 17.6 Å². The minimum atomic E-state index is 0. The summed E-state index contributed by atoms with van der Waals surface area (Å²) in [5.74, 6) is 1.96. The number of ether oxygens (including phenoxy) is 2. The Morgan fingerprint density at radius 2 is 2.04 bits per heavy atom. The van der Waals surface area contributed by atoms with Crippen molar-refractivity contribution >= 4 is 24.0 Å². The van der Waals surface area contributed by atoms with E-state index in [1.165, 1.54) is 12.8 Å². The summed E-state index contributed by atoms with van der Waals surface area (Å²) in [6, 6.07) is 5.74. The quantitative estimate of drug-likeness (QED) is 0.688. The maximum atomic E-state index is 12.3. The second-order valence-electron chi connectivity index (χ2n) is 6.64. The van der Waals surface area contributed by atoms with Crippen LogP contribution in [-0.4, -0.2) is 39.3 Å². The number of carbonyl (C=O) groups is 1. The van der Waals surface area contributed by atoms with Gasteiger partial charge >= 0.3 is 0 Å². The lowest BCUT2D eigenvalue weighted by Crippen LogP contribution is -2.32. The molecule has 2 N–H and O–H groups in total. The average molecular weight is 371 g/mol. The zero-order valence-corrected chi connectivity index (χ0v) is 16.3. The molecule has 1 fully saturated rings. The topological polar surface area (TPSA) is 59.6 Å². The third-order valence-electron chi connectivity index (χ3n) is 4.72. The number of hydrogen-bond acceptors (Lipinski definition) is 4. The molecule has 0 saturated carbocycles. The van der Waals surface area contributed by atoms with Gasteiger partial charge in [0.15, 0.2) is 0 Å². The van der Waals surface area contributed by atoms with Crippen molar-refractivity contribution in [3.63, 3.8) is 0 Å². The molecule has 1 atom stereocenters. The van der Waals surface area contributed by atoms with Gasteiger partial charge in [0.25, 0.3) is 0 Å². The highest BCUT2D eigenvalue weighted by molar-refractivity contribution is 5.91. The van der Waals surface area contributed by atoms with Crippen LogP contribution in [0.4, 0.5) is 5.69 Å². The first-order valence-corrected chi connectivity index (χ1v) is 8.83. The largest absolute Gasteiger partial charge is 0.491 e. The number of halogens is 1. The SMILES string of the molecule is COCCOc1ccc(NC(=O)CC(C)C2CCNCC2)c(C)c1.Cl. The Morgan fingerprint density at radius 1 is 1.32 bits per heavy atom. The van der Waals surface area contributed by atoms with E-state index >= 15 is 0 Å². The average Bonchev–Trinajstić information content (AvgIpc) is 2.58. The van der Waals surface area contributed by atoms with Crippen LogP contribution in [-0.2, 0) is 9.53 Å². The molecule has 1 aromatic rings. The highest BCUT2D eigenvalue weighted by Crippen LogP contribution is 2.26. The van der Waals surface area contributed by atoms with Crippen LogP contribution in [0.25, 0.3) is 0 Å². The van der Waals surface area contributed by atoms with Crippen molar-refractivity contribution in [1.82, 2.24) is 5.32 Å². The lowest BCUT2D eigenvalue weighted by molar-refractivity contribution is -0.117. The Bertz CT molecular complexity index is 533. The molecule has 25 heavy (non-hydrogen) atoms. The molecular formula is C19H31ClN2O3. The smallest absolute Gasteiger partial charge is 0.224 e. The molecule has 0 aliphatic carbocycles. The summed E-state index contributed by atoms with van der Waals surface area (Å²) in [4.78, 5) is 12.3. The molecule has 5 nitrogen and oxygen atoms in total. The van der Waals surface area contributed by atoms with Gasteiger partial charge in [-0.25, -0.2) is 0 Å². The summed E-state index contributed by atoms with van der Waals surface area (Å²) in [5.41, 5.74) is 1.87. The van der Waals surface area contributed by atoms with Crippen LogP contribution in [0.15, 0.2) is 18.2 Å². The molecule has 0 radical (unpaired) electrons. The van der Waals surface area contributed by atoms with E-state index < -0.39 is 0 Å². The molecule has 1 aliphatic rings. The van der Waals surface area contributed by atoms with Crippen molar-refractivity contribution in [1.29, 1.82) is 0 Å². The third kappa shape index (κ3) is 7.22. The normalized spacial score (nSPS) is 16.0. The van der Waals surface area contributed by atoms with Crippen molar-refractivity contribution in [3.05, 3.63) is 23.8 Å². The van der Waals surface area contributed by atoms with Crippen molar-refractivity contribution in [2.45, 2.75) is 33.1 Å².